The van der Waals surface area contributed by atoms with Crippen LogP contribution in [0.15, 0.2) is 40.4 Å². The number of carbonyl (C=O) groups excluding carboxylic acids is 2. The zero-order chi connectivity index (χ0) is 18.9. The van der Waals surface area contributed by atoms with Gasteiger partial charge in [0, 0.05) is 22.5 Å². The molecule has 142 valence electrons. The summed E-state index contributed by atoms with van der Waals surface area (Å²) < 4.78 is 0. The van der Waals surface area contributed by atoms with E-state index in [9.17, 15) is 9.59 Å². The number of carbonyl (C=O) groups is 2. The average molecular weight is 376 g/mol. The van der Waals surface area contributed by atoms with Gasteiger partial charge in [-0.25, -0.2) is 0 Å². The molecule has 26 heavy (non-hydrogen) atoms. The first-order valence-corrected chi connectivity index (χ1v) is 10.4. The monoisotopic (exact) mass is 375 g/mol. The first-order valence-electron chi connectivity index (χ1n) is 9.53. The van der Waals surface area contributed by atoms with Crippen LogP contribution < -0.4 is 0 Å². The van der Waals surface area contributed by atoms with Crippen molar-refractivity contribution in [2.24, 2.45) is 17.0 Å². The minimum absolute atomic E-state index is 0.00141. The Morgan fingerprint density at radius 3 is 2.65 bits per heavy atom. The Hall–Kier alpha value is -1.62. The van der Waals surface area contributed by atoms with E-state index in [0.29, 0.717) is 36.8 Å². The van der Waals surface area contributed by atoms with Crippen LogP contribution in [0, 0.1) is 11.8 Å². The van der Waals surface area contributed by atoms with Gasteiger partial charge >= 0.3 is 0 Å². The fraction of sp³-hybridized carbons (Fsp3) is 0.571. The predicted molar refractivity (Wildman–Crippen MR) is 107 cm³/mol. The van der Waals surface area contributed by atoms with E-state index in [1.54, 1.807) is 11.8 Å². The van der Waals surface area contributed by atoms with E-state index in [-0.39, 0.29) is 17.5 Å². The molecule has 1 aromatic carbocycles. The molecule has 0 bridgehead atoms. The van der Waals surface area contributed by atoms with Crippen LogP contribution in [-0.4, -0.2) is 29.1 Å². The Labute approximate surface area is 160 Å². The van der Waals surface area contributed by atoms with Gasteiger partial charge in [0.05, 0.1) is 5.71 Å². The molecule has 1 fully saturated rings. The van der Waals surface area contributed by atoms with Crippen molar-refractivity contribution in [3.63, 3.8) is 0 Å². The van der Waals surface area contributed by atoms with E-state index in [1.807, 2.05) is 32.0 Å². The van der Waals surface area contributed by atoms with Crippen molar-refractivity contribution >= 4 is 29.0 Å². The molecule has 0 spiro atoms. The molecule has 1 saturated carbocycles. The van der Waals surface area contributed by atoms with Gasteiger partial charge in [0.1, 0.15) is 18.3 Å². The normalized spacial score (nSPS) is 22.3. The van der Waals surface area contributed by atoms with Gasteiger partial charge in [0.2, 0.25) is 0 Å². The summed E-state index contributed by atoms with van der Waals surface area (Å²) in [5, 5.41) is 4.43. The summed E-state index contributed by atoms with van der Waals surface area (Å²) in [7, 11) is 0. The second-order valence-corrected chi connectivity index (χ2v) is 8.28. The molecule has 0 N–H and O–H groups in total. The summed E-state index contributed by atoms with van der Waals surface area (Å²) in [6, 6.07) is 10.2. The molecule has 3 atom stereocenters. The van der Waals surface area contributed by atoms with E-state index in [0.717, 1.165) is 12.8 Å². The molecule has 4 nitrogen and oxygen atoms in total. The zero-order valence-corrected chi connectivity index (χ0v) is 16.8. The lowest BCUT2D eigenvalue weighted by Crippen LogP contribution is -2.41. The predicted octanol–water partition coefficient (Wildman–Crippen LogP) is 4.91. The Morgan fingerprint density at radius 2 is 2.00 bits per heavy atom. The summed E-state index contributed by atoms with van der Waals surface area (Å²) in [5.41, 5.74) is 0.609. The number of rotatable bonds is 9. The number of Topliss-reactive ketones (excluding diaryl/α,β-unsaturated/α-hetero) is 2. The molecule has 3 unspecified atom stereocenters. The van der Waals surface area contributed by atoms with Crippen molar-refractivity contribution in [3.05, 3.63) is 30.3 Å². The Kier molecular flexibility index (Phi) is 8.36. The highest BCUT2D eigenvalue weighted by atomic mass is 32.2. The lowest BCUT2D eigenvalue weighted by Gasteiger charge is -2.29. The van der Waals surface area contributed by atoms with Gasteiger partial charge in [0.15, 0.2) is 5.78 Å². The van der Waals surface area contributed by atoms with Crippen molar-refractivity contribution in [1.82, 2.24) is 0 Å². The maximum Gasteiger partial charge on any atom is 0.152 e. The summed E-state index contributed by atoms with van der Waals surface area (Å²) in [6.45, 7) is 6.46. The fourth-order valence-electron chi connectivity index (χ4n) is 3.41. The van der Waals surface area contributed by atoms with Gasteiger partial charge in [-0.1, -0.05) is 43.6 Å². The summed E-state index contributed by atoms with van der Waals surface area (Å²) in [6.07, 6.45) is 3.37. The van der Waals surface area contributed by atoms with Crippen LogP contribution in [0.1, 0.15) is 52.9 Å². The van der Waals surface area contributed by atoms with Crippen LogP contribution in [0.25, 0.3) is 0 Å². The fourth-order valence-corrected chi connectivity index (χ4v) is 4.52. The zero-order valence-electron chi connectivity index (χ0n) is 15.9. The minimum Gasteiger partial charge on any atom is -0.396 e. The number of thioether (sulfide) groups is 1. The van der Waals surface area contributed by atoms with Crippen LogP contribution in [0.3, 0.4) is 0 Å². The number of ketones is 2. The molecule has 1 aliphatic rings. The van der Waals surface area contributed by atoms with E-state index in [2.05, 4.69) is 24.2 Å². The van der Waals surface area contributed by atoms with Gasteiger partial charge < -0.3 is 4.84 Å². The highest BCUT2D eigenvalue weighted by Crippen LogP contribution is 2.33. The molecule has 0 radical (unpaired) electrons. The van der Waals surface area contributed by atoms with E-state index in [4.69, 9.17) is 4.84 Å². The standard InChI is InChI=1S/C21H29NO3S/c1-4-9-18(22-25-5-2)20-19(23)13-12-16(21(20)24)14-15(3)26-17-10-7-6-8-11-17/h6-8,10-11,15-16,20H,4-5,9,12-14H2,1-3H3. The van der Waals surface area contributed by atoms with E-state index < -0.39 is 5.92 Å². The number of nitrogens with zero attached hydrogens (tertiary/aromatic N) is 1. The topological polar surface area (TPSA) is 55.7 Å². The van der Waals surface area contributed by atoms with Crippen molar-refractivity contribution in [3.8, 4) is 0 Å². The molecule has 1 aliphatic carbocycles. The average Bonchev–Trinajstić information content (AvgIpc) is 2.63. The van der Waals surface area contributed by atoms with Crippen molar-refractivity contribution in [1.29, 1.82) is 0 Å². The maximum atomic E-state index is 13.0. The third-order valence-corrected chi connectivity index (χ3v) is 5.73. The van der Waals surface area contributed by atoms with Gasteiger partial charge in [0.25, 0.3) is 0 Å². The third kappa shape index (κ3) is 5.70. The molecule has 5 heteroatoms. The van der Waals surface area contributed by atoms with E-state index in [1.165, 1.54) is 4.90 Å². The van der Waals surface area contributed by atoms with Crippen LogP contribution in [0.4, 0.5) is 0 Å². The molecule has 0 amide bonds. The van der Waals surface area contributed by atoms with Crippen molar-refractivity contribution in [2.75, 3.05) is 6.61 Å². The summed E-state index contributed by atoms with van der Waals surface area (Å²) in [5.74, 6) is -0.739. The van der Waals surface area contributed by atoms with Gasteiger partial charge in [-0.15, -0.1) is 11.8 Å². The van der Waals surface area contributed by atoms with Gasteiger partial charge in [-0.05, 0) is 38.3 Å². The number of hydrogen-bond donors (Lipinski definition) is 0. The lowest BCUT2D eigenvalue weighted by atomic mass is 9.74. The summed E-state index contributed by atoms with van der Waals surface area (Å²) >= 11 is 1.78. The van der Waals surface area contributed by atoms with Gasteiger partial charge in [-0.3, -0.25) is 9.59 Å². The first kappa shape index (κ1) is 20.7. The lowest BCUT2D eigenvalue weighted by molar-refractivity contribution is -0.136. The number of oxime groups is 1. The SMILES string of the molecule is CCCC(=NOCC)C1C(=O)CCC(CC(C)Sc2ccccc2)C1=O. The van der Waals surface area contributed by atoms with Crippen molar-refractivity contribution < 1.29 is 14.4 Å². The molecule has 0 heterocycles. The largest absolute Gasteiger partial charge is 0.396 e. The highest BCUT2D eigenvalue weighted by molar-refractivity contribution is 7.99. The first-order chi connectivity index (χ1) is 12.6. The minimum atomic E-state index is -0.700. The number of hydrogen-bond acceptors (Lipinski definition) is 5. The Balaban J connectivity index is 2.06. The number of benzene rings is 1. The van der Waals surface area contributed by atoms with Crippen LogP contribution >= 0.6 is 11.8 Å². The van der Waals surface area contributed by atoms with Crippen LogP contribution in [0.2, 0.25) is 0 Å². The second-order valence-electron chi connectivity index (χ2n) is 6.76. The summed E-state index contributed by atoms with van der Waals surface area (Å²) in [4.78, 5) is 31.9. The molecule has 0 aromatic heterocycles. The van der Waals surface area contributed by atoms with Crippen LogP contribution in [-0.2, 0) is 14.4 Å². The molecule has 0 aliphatic heterocycles. The Morgan fingerprint density at radius 1 is 1.27 bits per heavy atom. The smallest absolute Gasteiger partial charge is 0.152 e. The molecule has 0 saturated heterocycles. The molecule has 1 aromatic rings. The maximum absolute atomic E-state index is 13.0. The molecular weight excluding hydrogens is 346 g/mol. The van der Waals surface area contributed by atoms with E-state index >= 15 is 0 Å². The highest BCUT2D eigenvalue weighted by Gasteiger charge is 2.40. The molecule has 2 rings (SSSR count). The van der Waals surface area contributed by atoms with Gasteiger partial charge in [-0.2, -0.15) is 0 Å². The quantitative estimate of drug-likeness (QED) is 0.266. The van der Waals surface area contributed by atoms with Crippen molar-refractivity contribution in [2.45, 2.75) is 63.0 Å². The third-order valence-electron chi connectivity index (χ3n) is 4.60. The molecular formula is C21H29NO3S. The second kappa shape index (κ2) is 10.5. The van der Waals surface area contributed by atoms with Crippen LogP contribution in [0.5, 0.6) is 0 Å². The Bertz CT molecular complexity index is 629.